The van der Waals surface area contributed by atoms with Crippen LogP contribution in [0.25, 0.3) is 11.1 Å². The third-order valence-electron chi connectivity index (χ3n) is 3.05. The Morgan fingerprint density at radius 3 is 2.89 bits per heavy atom. The molecule has 3 aromatic rings. The zero-order chi connectivity index (χ0) is 13.2. The molecule has 0 fully saturated rings. The molecule has 2 heterocycles. The molecular formula is C14H15N3OS. The normalized spacial score (nSPS) is 11.2. The van der Waals surface area contributed by atoms with Gasteiger partial charge in [-0.25, -0.2) is 9.97 Å². The molecule has 1 aromatic carbocycles. The smallest absolute Gasteiger partial charge is 0.195 e. The van der Waals surface area contributed by atoms with Crippen molar-refractivity contribution in [1.29, 1.82) is 0 Å². The molecular weight excluding hydrogens is 258 g/mol. The summed E-state index contributed by atoms with van der Waals surface area (Å²) in [4.78, 5) is 8.74. The number of fused-ring (bicyclic) bond motifs is 1. The summed E-state index contributed by atoms with van der Waals surface area (Å²) in [6, 6.07) is 6.02. The van der Waals surface area contributed by atoms with Gasteiger partial charge in [0.1, 0.15) is 5.52 Å². The molecule has 0 unspecified atom stereocenters. The van der Waals surface area contributed by atoms with Crippen LogP contribution in [0, 0.1) is 6.92 Å². The Bertz CT molecular complexity index is 702. The minimum Gasteiger partial charge on any atom is -0.440 e. The summed E-state index contributed by atoms with van der Waals surface area (Å²) in [5.41, 5.74) is 9.62. The van der Waals surface area contributed by atoms with Crippen LogP contribution in [0.5, 0.6) is 0 Å². The van der Waals surface area contributed by atoms with Gasteiger partial charge >= 0.3 is 0 Å². The van der Waals surface area contributed by atoms with Crippen LogP contribution in [-0.4, -0.2) is 9.97 Å². The lowest BCUT2D eigenvalue weighted by Crippen LogP contribution is -1.91. The van der Waals surface area contributed by atoms with Crippen LogP contribution < -0.4 is 5.73 Å². The first-order valence-corrected chi connectivity index (χ1v) is 7.15. The van der Waals surface area contributed by atoms with Gasteiger partial charge in [0.25, 0.3) is 0 Å². The Hall–Kier alpha value is -1.88. The van der Waals surface area contributed by atoms with Crippen LogP contribution in [0.2, 0.25) is 0 Å². The summed E-state index contributed by atoms with van der Waals surface area (Å²) < 4.78 is 5.79. The van der Waals surface area contributed by atoms with Gasteiger partial charge in [0.05, 0.1) is 5.69 Å². The molecule has 19 heavy (non-hydrogen) atoms. The highest BCUT2D eigenvalue weighted by atomic mass is 32.1. The number of hydrogen-bond donors (Lipinski definition) is 1. The van der Waals surface area contributed by atoms with Gasteiger partial charge in [0, 0.05) is 11.8 Å². The van der Waals surface area contributed by atoms with Crippen LogP contribution in [0.3, 0.4) is 0 Å². The number of aromatic nitrogens is 2. The van der Waals surface area contributed by atoms with Gasteiger partial charge in [-0.3, -0.25) is 0 Å². The lowest BCUT2D eigenvalue weighted by molar-refractivity contribution is 0.517. The van der Waals surface area contributed by atoms with E-state index in [0.717, 1.165) is 47.5 Å². The van der Waals surface area contributed by atoms with Crippen LogP contribution in [0.15, 0.2) is 28.0 Å². The number of nitrogens with two attached hydrogens (primary N) is 1. The molecule has 0 aliphatic rings. The van der Waals surface area contributed by atoms with E-state index in [1.54, 1.807) is 0 Å². The van der Waals surface area contributed by atoms with Crippen molar-refractivity contribution in [1.82, 2.24) is 9.97 Å². The maximum absolute atomic E-state index is 5.79. The Kier molecular flexibility index (Phi) is 3.21. The van der Waals surface area contributed by atoms with E-state index in [4.69, 9.17) is 10.2 Å². The number of benzene rings is 1. The SMILES string of the molecule is Cc1cccc2nc(CCCc3csc(N)n3)oc12. The molecule has 2 aromatic heterocycles. The van der Waals surface area contributed by atoms with E-state index in [-0.39, 0.29) is 0 Å². The van der Waals surface area contributed by atoms with Gasteiger partial charge in [-0.1, -0.05) is 12.1 Å². The maximum Gasteiger partial charge on any atom is 0.195 e. The lowest BCUT2D eigenvalue weighted by atomic mass is 10.2. The van der Waals surface area contributed by atoms with Gasteiger partial charge in [0.15, 0.2) is 16.6 Å². The average Bonchev–Trinajstić information content (AvgIpc) is 2.97. The van der Waals surface area contributed by atoms with Crippen molar-refractivity contribution in [3.8, 4) is 0 Å². The Morgan fingerprint density at radius 1 is 1.26 bits per heavy atom. The molecule has 98 valence electrons. The molecule has 0 amide bonds. The summed E-state index contributed by atoms with van der Waals surface area (Å²) in [5, 5.41) is 2.64. The number of thiazole rings is 1. The van der Waals surface area contributed by atoms with E-state index in [0.29, 0.717) is 5.13 Å². The van der Waals surface area contributed by atoms with E-state index in [1.165, 1.54) is 11.3 Å². The van der Waals surface area contributed by atoms with Crippen molar-refractivity contribution >= 4 is 27.6 Å². The number of anilines is 1. The van der Waals surface area contributed by atoms with Crippen LogP contribution >= 0.6 is 11.3 Å². The quantitative estimate of drug-likeness (QED) is 0.791. The van der Waals surface area contributed by atoms with Gasteiger partial charge in [-0.15, -0.1) is 11.3 Å². The Labute approximate surface area is 115 Å². The van der Waals surface area contributed by atoms with E-state index in [1.807, 2.05) is 30.5 Å². The average molecular weight is 273 g/mol. The molecule has 0 radical (unpaired) electrons. The van der Waals surface area contributed by atoms with Crippen LogP contribution in [0.4, 0.5) is 5.13 Å². The number of para-hydroxylation sites is 1. The molecule has 0 atom stereocenters. The minimum atomic E-state index is 0.632. The van der Waals surface area contributed by atoms with Gasteiger partial charge in [0.2, 0.25) is 0 Å². The summed E-state index contributed by atoms with van der Waals surface area (Å²) in [7, 11) is 0. The molecule has 0 saturated carbocycles. The van der Waals surface area contributed by atoms with Crippen molar-refractivity contribution in [2.75, 3.05) is 5.73 Å². The highest BCUT2D eigenvalue weighted by Crippen LogP contribution is 2.20. The number of nitrogen functional groups attached to an aromatic ring is 1. The predicted octanol–water partition coefficient (Wildman–Crippen LogP) is 3.35. The van der Waals surface area contributed by atoms with Crippen molar-refractivity contribution < 1.29 is 4.42 Å². The first kappa shape index (κ1) is 12.2. The molecule has 5 heteroatoms. The summed E-state index contributed by atoms with van der Waals surface area (Å²) >= 11 is 1.48. The van der Waals surface area contributed by atoms with Gasteiger partial charge in [-0.2, -0.15) is 0 Å². The maximum atomic E-state index is 5.79. The summed E-state index contributed by atoms with van der Waals surface area (Å²) in [6.07, 6.45) is 2.70. The molecule has 0 bridgehead atoms. The van der Waals surface area contributed by atoms with E-state index >= 15 is 0 Å². The summed E-state index contributed by atoms with van der Waals surface area (Å²) in [5.74, 6) is 0.799. The predicted molar refractivity (Wildman–Crippen MR) is 77.3 cm³/mol. The number of hydrogen-bond acceptors (Lipinski definition) is 5. The van der Waals surface area contributed by atoms with Crippen LogP contribution in [0.1, 0.15) is 23.6 Å². The molecule has 0 aliphatic carbocycles. The van der Waals surface area contributed by atoms with Crippen LogP contribution in [-0.2, 0) is 12.8 Å². The molecule has 3 rings (SSSR count). The second-order valence-electron chi connectivity index (χ2n) is 4.56. The topological polar surface area (TPSA) is 64.9 Å². The minimum absolute atomic E-state index is 0.632. The molecule has 0 saturated heterocycles. The van der Waals surface area contributed by atoms with Crippen molar-refractivity contribution in [3.63, 3.8) is 0 Å². The fraction of sp³-hybridized carbons (Fsp3) is 0.286. The standard InChI is InChI=1S/C14H15N3OS/c1-9-4-2-6-11-13(9)18-12(17-11)7-3-5-10-8-19-14(15)16-10/h2,4,6,8H,3,5,7H2,1H3,(H2,15,16). The monoisotopic (exact) mass is 273 g/mol. The van der Waals surface area contributed by atoms with Gasteiger partial charge < -0.3 is 10.2 Å². The second kappa shape index (κ2) is 5.01. The Balaban J connectivity index is 1.67. The highest BCUT2D eigenvalue weighted by molar-refractivity contribution is 7.13. The second-order valence-corrected chi connectivity index (χ2v) is 5.45. The van der Waals surface area contributed by atoms with Crippen molar-refractivity contribution in [2.24, 2.45) is 0 Å². The summed E-state index contributed by atoms with van der Waals surface area (Å²) in [6.45, 7) is 2.04. The molecule has 4 nitrogen and oxygen atoms in total. The Morgan fingerprint density at radius 2 is 2.16 bits per heavy atom. The van der Waals surface area contributed by atoms with E-state index < -0.39 is 0 Å². The highest BCUT2D eigenvalue weighted by Gasteiger charge is 2.07. The van der Waals surface area contributed by atoms with E-state index in [2.05, 4.69) is 9.97 Å². The third-order valence-corrected chi connectivity index (χ3v) is 3.77. The third kappa shape index (κ3) is 2.61. The lowest BCUT2D eigenvalue weighted by Gasteiger charge is -1.94. The zero-order valence-electron chi connectivity index (χ0n) is 10.7. The zero-order valence-corrected chi connectivity index (χ0v) is 11.5. The fourth-order valence-corrected chi connectivity index (χ4v) is 2.70. The molecule has 0 aliphatic heterocycles. The molecule has 2 N–H and O–H groups in total. The number of rotatable bonds is 4. The van der Waals surface area contributed by atoms with E-state index in [9.17, 15) is 0 Å². The fourth-order valence-electron chi connectivity index (χ4n) is 2.10. The first-order valence-electron chi connectivity index (χ1n) is 6.27. The number of aryl methyl sites for hydroxylation is 3. The van der Waals surface area contributed by atoms with Gasteiger partial charge in [-0.05, 0) is 31.4 Å². The largest absolute Gasteiger partial charge is 0.440 e. The first-order chi connectivity index (χ1) is 9.22. The van der Waals surface area contributed by atoms with Crippen molar-refractivity contribution in [3.05, 3.63) is 40.7 Å². The molecule has 0 spiro atoms. The van der Waals surface area contributed by atoms with Crippen molar-refractivity contribution in [2.45, 2.75) is 26.2 Å². The number of nitrogens with zero attached hydrogens (tertiary/aromatic N) is 2. The number of oxazole rings is 1.